The summed E-state index contributed by atoms with van der Waals surface area (Å²) in [6.45, 7) is 0. The molecular weight excluding hydrogens is 220 g/mol. The Kier molecular flexibility index (Phi) is 2.91. The Hall–Kier alpha value is -2.56. The molecule has 1 heterocycles. The zero-order valence-electron chi connectivity index (χ0n) is 8.74. The summed E-state index contributed by atoms with van der Waals surface area (Å²) in [5, 5.41) is 10.6. The largest absolute Gasteiger partial charge is 0.296 e. The van der Waals surface area contributed by atoms with E-state index >= 15 is 0 Å². The molecule has 0 atom stereocenters. The SMILES string of the molecule is O=Cc1ccc(-c2cccc([N+](=O)[O-])c2)cn1. The van der Waals surface area contributed by atoms with Crippen molar-refractivity contribution in [2.24, 2.45) is 0 Å². The minimum Gasteiger partial charge on any atom is -0.296 e. The molecule has 5 heteroatoms. The lowest BCUT2D eigenvalue weighted by Gasteiger charge is -2.00. The van der Waals surface area contributed by atoms with Crippen LogP contribution in [0.5, 0.6) is 0 Å². The summed E-state index contributed by atoms with van der Waals surface area (Å²) in [5.74, 6) is 0. The van der Waals surface area contributed by atoms with Gasteiger partial charge in [0.1, 0.15) is 5.69 Å². The molecule has 2 aromatic rings. The summed E-state index contributed by atoms with van der Waals surface area (Å²) in [5.41, 5.74) is 1.80. The van der Waals surface area contributed by atoms with Crippen molar-refractivity contribution in [3.05, 3.63) is 58.4 Å². The zero-order valence-corrected chi connectivity index (χ0v) is 8.74. The normalized spacial score (nSPS) is 9.88. The third kappa shape index (κ3) is 2.34. The highest BCUT2D eigenvalue weighted by Crippen LogP contribution is 2.22. The molecule has 0 fully saturated rings. The van der Waals surface area contributed by atoms with Gasteiger partial charge in [-0.25, -0.2) is 0 Å². The quantitative estimate of drug-likeness (QED) is 0.459. The fraction of sp³-hybridized carbons (Fsp3) is 0. The van der Waals surface area contributed by atoms with Crippen LogP contribution in [0.15, 0.2) is 42.6 Å². The van der Waals surface area contributed by atoms with Gasteiger partial charge in [-0.3, -0.25) is 19.9 Å². The van der Waals surface area contributed by atoms with Gasteiger partial charge in [-0.2, -0.15) is 0 Å². The van der Waals surface area contributed by atoms with Gasteiger partial charge in [-0.15, -0.1) is 0 Å². The van der Waals surface area contributed by atoms with E-state index < -0.39 is 4.92 Å². The molecule has 0 N–H and O–H groups in total. The van der Waals surface area contributed by atoms with Gasteiger partial charge < -0.3 is 0 Å². The van der Waals surface area contributed by atoms with Crippen molar-refractivity contribution in [2.45, 2.75) is 0 Å². The van der Waals surface area contributed by atoms with Crippen molar-refractivity contribution in [1.29, 1.82) is 0 Å². The van der Waals surface area contributed by atoms with E-state index in [0.717, 1.165) is 5.56 Å². The van der Waals surface area contributed by atoms with Gasteiger partial charge in [0.05, 0.1) is 4.92 Å². The fourth-order valence-corrected chi connectivity index (χ4v) is 1.44. The first-order valence-corrected chi connectivity index (χ1v) is 4.87. The first-order valence-electron chi connectivity index (χ1n) is 4.87. The Labute approximate surface area is 96.9 Å². The van der Waals surface area contributed by atoms with Crippen LogP contribution in [0.3, 0.4) is 0 Å². The summed E-state index contributed by atoms with van der Waals surface area (Å²) < 4.78 is 0. The van der Waals surface area contributed by atoms with Crippen LogP contribution in [0.4, 0.5) is 5.69 Å². The maximum Gasteiger partial charge on any atom is 0.270 e. The molecule has 0 spiro atoms. The van der Waals surface area contributed by atoms with E-state index in [0.29, 0.717) is 17.5 Å². The number of aldehydes is 1. The lowest BCUT2D eigenvalue weighted by atomic mass is 10.1. The van der Waals surface area contributed by atoms with Crippen LogP contribution < -0.4 is 0 Å². The molecule has 0 unspecified atom stereocenters. The molecule has 84 valence electrons. The molecule has 0 aliphatic heterocycles. The predicted octanol–water partition coefficient (Wildman–Crippen LogP) is 2.47. The van der Waals surface area contributed by atoms with Crippen molar-refractivity contribution >= 4 is 12.0 Å². The predicted molar refractivity (Wildman–Crippen MR) is 61.7 cm³/mol. The van der Waals surface area contributed by atoms with E-state index in [9.17, 15) is 14.9 Å². The summed E-state index contributed by atoms with van der Waals surface area (Å²) in [4.78, 5) is 24.5. The number of nitro groups is 1. The van der Waals surface area contributed by atoms with Crippen molar-refractivity contribution in [3.8, 4) is 11.1 Å². The van der Waals surface area contributed by atoms with Gasteiger partial charge >= 0.3 is 0 Å². The summed E-state index contributed by atoms with van der Waals surface area (Å²) in [6.07, 6.45) is 2.17. The molecule has 0 radical (unpaired) electrons. The van der Waals surface area contributed by atoms with E-state index in [-0.39, 0.29) is 5.69 Å². The lowest BCUT2D eigenvalue weighted by molar-refractivity contribution is -0.384. The minimum absolute atomic E-state index is 0.0296. The Balaban J connectivity index is 2.41. The molecule has 1 aromatic heterocycles. The van der Waals surface area contributed by atoms with Gasteiger partial charge in [-0.05, 0) is 11.6 Å². The Morgan fingerprint density at radius 2 is 2.00 bits per heavy atom. The standard InChI is InChI=1S/C12H8N2O3/c15-8-11-5-4-10(7-13-11)9-2-1-3-12(6-9)14(16)17/h1-8H. The number of nitro benzene ring substituents is 1. The number of rotatable bonds is 3. The monoisotopic (exact) mass is 228 g/mol. The van der Waals surface area contributed by atoms with Crippen molar-refractivity contribution in [2.75, 3.05) is 0 Å². The van der Waals surface area contributed by atoms with E-state index in [1.54, 1.807) is 24.3 Å². The highest BCUT2D eigenvalue weighted by atomic mass is 16.6. The van der Waals surface area contributed by atoms with Crippen LogP contribution in [-0.2, 0) is 0 Å². The first-order chi connectivity index (χ1) is 8.20. The highest BCUT2D eigenvalue weighted by molar-refractivity contribution is 5.73. The minimum atomic E-state index is -0.448. The second-order valence-corrected chi connectivity index (χ2v) is 3.40. The van der Waals surface area contributed by atoms with Crippen molar-refractivity contribution in [1.82, 2.24) is 4.98 Å². The number of aromatic nitrogens is 1. The van der Waals surface area contributed by atoms with Crippen LogP contribution in [0.1, 0.15) is 10.5 Å². The molecule has 5 nitrogen and oxygen atoms in total. The van der Waals surface area contributed by atoms with E-state index in [1.807, 2.05) is 0 Å². The van der Waals surface area contributed by atoms with Gasteiger partial charge in [0.2, 0.25) is 0 Å². The molecule has 0 amide bonds. The number of carbonyl (C=O) groups excluding carboxylic acids is 1. The number of nitrogens with zero attached hydrogens (tertiary/aromatic N) is 2. The topological polar surface area (TPSA) is 73.1 Å². The number of hydrogen-bond donors (Lipinski definition) is 0. The van der Waals surface area contributed by atoms with Gasteiger partial charge in [0, 0.05) is 23.9 Å². The zero-order chi connectivity index (χ0) is 12.3. The van der Waals surface area contributed by atoms with E-state index in [1.165, 1.54) is 18.3 Å². The van der Waals surface area contributed by atoms with Crippen LogP contribution in [0, 0.1) is 10.1 Å². The Morgan fingerprint density at radius 1 is 1.18 bits per heavy atom. The van der Waals surface area contributed by atoms with Gasteiger partial charge in [-0.1, -0.05) is 18.2 Å². The number of non-ortho nitro benzene ring substituents is 1. The molecule has 2 rings (SSSR count). The fourth-order valence-electron chi connectivity index (χ4n) is 1.44. The van der Waals surface area contributed by atoms with E-state index in [2.05, 4.69) is 4.98 Å². The molecule has 0 aliphatic carbocycles. The summed E-state index contributed by atoms with van der Waals surface area (Å²) >= 11 is 0. The average molecular weight is 228 g/mol. The highest BCUT2D eigenvalue weighted by Gasteiger charge is 2.07. The summed E-state index contributed by atoms with van der Waals surface area (Å²) in [7, 11) is 0. The second-order valence-electron chi connectivity index (χ2n) is 3.40. The third-order valence-electron chi connectivity index (χ3n) is 2.30. The maximum absolute atomic E-state index is 10.6. The number of carbonyl (C=O) groups is 1. The third-order valence-corrected chi connectivity index (χ3v) is 2.30. The van der Waals surface area contributed by atoms with Crippen LogP contribution in [-0.4, -0.2) is 16.2 Å². The molecule has 1 aromatic carbocycles. The maximum atomic E-state index is 10.6. The number of pyridine rings is 1. The average Bonchev–Trinajstić information content (AvgIpc) is 2.39. The smallest absolute Gasteiger partial charge is 0.270 e. The molecule has 0 bridgehead atoms. The second kappa shape index (κ2) is 4.52. The molecular formula is C12H8N2O3. The van der Waals surface area contributed by atoms with Gasteiger partial charge in [0.25, 0.3) is 5.69 Å². The Bertz CT molecular complexity index is 564. The first kappa shape index (κ1) is 10.9. The van der Waals surface area contributed by atoms with Crippen molar-refractivity contribution < 1.29 is 9.72 Å². The van der Waals surface area contributed by atoms with Crippen molar-refractivity contribution in [3.63, 3.8) is 0 Å². The Morgan fingerprint density at radius 3 is 2.59 bits per heavy atom. The lowest BCUT2D eigenvalue weighted by Crippen LogP contribution is -1.89. The summed E-state index contributed by atoms with van der Waals surface area (Å²) in [6, 6.07) is 9.54. The number of hydrogen-bond acceptors (Lipinski definition) is 4. The van der Waals surface area contributed by atoms with E-state index in [4.69, 9.17) is 0 Å². The molecule has 0 saturated carbocycles. The van der Waals surface area contributed by atoms with Crippen LogP contribution in [0.2, 0.25) is 0 Å². The molecule has 0 aliphatic rings. The van der Waals surface area contributed by atoms with Gasteiger partial charge in [0.15, 0.2) is 6.29 Å². The molecule has 17 heavy (non-hydrogen) atoms. The van der Waals surface area contributed by atoms with Crippen LogP contribution >= 0.6 is 0 Å². The number of benzene rings is 1. The molecule has 0 saturated heterocycles. The van der Waals surface area contributed by atoms with Crippen LogP contribution in [0.25, 0.3) is 11.1 Å².